The molecule has 0 aromatic heterocycles. The Morgan fingerprint density at radius 1 is 1.29 bits per heavy atom. The summed E-state index contributed by atoms with van der Waals surface area (Å²) in [5.41, 5.74) is 1.36. The van der Waals surface area contributed by atoms with Gasteiger partial charge in [0.15, 0.2) is 0 Å². The summed E-state index contributed by atoms with van der Waals surface area (Å²) in [5.74, 6) is 0.896. The normalized spacial score (nSPS) is 24.7. The highest BCUT2D eigenvalue weighted by atomic mass is 32.2. The zero-order valence-electron chi connectivity index (χ0n) is 7.90. The van der Waals surface area contributed by atoms with Crippen molar-refractivity contribution in [2.24, 2.45) is 5.92 Å². The SMILES string of the molecule is O=C(C1CC1)C1Cc2ccccc2S1. The fraction of sp³-hybridized carbons (Fsp3) is 0.417. The van der Waals surface area contributed by atoms with E-state index in [1.54, 1.807) is 11.8 Å². The van der Waals surface area contributed by atoms with Gasteiger partial charge in [0, 0.05) is 10.8 Å². The maximum absolute atomic E-state index is 11.9. The zero-order chi connectivity index (χ0) is 9.54. The molecule has 1 aliphatic heterocycles. The van der Waals surface area contributed by atoms with Crippen LogP contribution in [0, 0.1) is 5.92 Å². The first kappa shape index (κ1) is 8.54. The number of Topliss-reactive ketones (excluding diaryl/α,β-unsaturated/α-hetero) is 1. The van der Waals surface area contributed by atoms with E-state index in [9.17, 15) is 4.79 Å². The average molecular weight is 204 g/mol. The van der Waals surface area contributed by atoms with Gasteiger partial charge in [0.05, 0.1) is 5.25 Å². The Balaban J connectivity index is 1.80. The number of carbonyl (C=O) groups is 1. The van der Waals surface area contributed by atoms with E-state index in [2.05, 4.69) is 24.3 Å². The third-order valence-electron chi connectivity index (χ3n) is 2.94. The van der Waals surface area contributed by atoms with Crippen molar-refractivity contribution >= 4 is 17.5 Å². The zero-order valence-corrected chi connectivity index (χ0v) is 8.72. The molecule has 0 N–H and O–H groups in total. The smallest absolute Gasteiger partial charge is 0.149 e. The molecule has 1 atom stereocenters. The standard InChI is InChI=1S/C12H12OS/c13-12(8-5-6-8)11-7-9-3-1-2-4-10(9)14-11/h1-4,8,11H,5-7H2. The van der Waals surface area contributed by atoms with Crippen molar-refractivity contribution in [3.8, 4) is 0 Å². The summed E-state index contributed by atoms with van der Waals surface area (Å²) < 4.78 is 0. The van der Waals surface area contributed by atoms with Crippen molar-refractivity contribution in [2.45, 2.75) is 29.4 Å². The summed E-state index contributed by atoms with van der Waals surface area (Å²) in [5, 5.41) is 0.222. The first-order chi connectivity index (χ1) is 6.84. The minimum Gasteiger partial charge on any atom is -0.298 e. The molecule has 14 heavy (non-hydrogen) atoms. The van der Waals surface area contributed by atoms with E-state index in [0.717, 1.165) is 19.3 Å². The van der Waals surface area contributed by atoms with E-state index in [0.29, 0.717) is 11.7 Å². The molecule has 1 heterocycles. The first-order valence-corrected chi connectivity index (χ1v) is 6.01. The Morgan fingerprint density at radius 2 is 2.07 bits per heavy atom. The van der Waals surface area contributed by atoms with Crippen molar-refractivity contribution in [1.29, 1.82) is 0 Å². The fourth-order valence-electron chi connectivity index (χ4n) is 1.97. The molecule has 0 spiro atoms. The molecule has 1 unspecified atom stereocenters. The highest BCUT2D eigenvalue weighted by molar-refractivity contribution is 8.01. The highest BCUT2D eigenvalue weighted by Crippen LogP contribution is 2.42. The quantitative estimate of drug-likeness (QED) is 0.736. The lowest BCUT2D eigenvalue weighted by Crippen LogP contribution is -2.17. The van der Waals surface area contributed by atoms with Crippen LogP contribution in [0.3, 0.4) is 0 Å². The van der Waals surface area contributed by atoms with Gasteiger partial charge in [0.25, 0.3) is 0 Å². The van der Waals surface area contributed by atoms with Crippen LogP contribution in [0.5, 0.6) is 0 Å². The largest absolute Gasteiger partial charge is 0.298 e. The van der Waals surface area contributed by atoms with E-state index in [1.165, 1.54) is 10.5 Å². The molecule has 72 valence electrons. The van der Waals surface area contributed by atoms with Crippen LogP contribution in [0.1, 0.15) is 18.4 Å². The van der Waals surface area contributed by atoms with Crippen molar-refractivity contribution < 1.29 is 4.79 Å². The van der Waals surface area contributed by atoms with Crippen LogP contribution in [0.2, 0.25) is 0 Å². The van der Waals surface area contributed by atoms with Crippen LogP contribution in [-0.4, -0.2) is 11.0 Å². The van der Waals surface area contributed by atoms with Crippen LogP contribution >= 0.6 is 11.8 Å². The third-order valence-corrected chi connectivity index (χ3v) is 4.28. The summed E-state index contributed by atoms with van der Waals surface area (Å²) in [7, 11) is 0. The lowest BCUT2D eigenvalue weighted by Gasteiger charge is -2.04. The Hall–Kier alpha value is -0.760. The molecule has 1 saturated carbocycles. The Kier molecular flexibility index (Phi) is 1.91. The van der Waals surface area contributed by atoms with Gasteiger partial charge in [-0.25, -0.2) is 0 Å². The molecule has 1 aromatic carbocycles. The molecule has 0 bridgehead atoms. The molecular formula is C12H12OS. The number of benzene rings is 1. The molecule has 0 radical (unpaired) electrons. The predicted octanol–water partition coefficient (Wildman–Crippen LogP) is 2.68. The van der Waals surface area contributed by atoms with Gasteiger partial charge in [0.2, 0.25) is 0 Å². The van der Waals surface area contributed by atoms with Crippen LogP contribution in [0.4, 0.5) is 0 Å². The van der Waals surface area contributed by atoms with Gasteiger partial charge < -0.3 is 0 Å². The van der Waals surface area contributed by atoms with E-state index >= 15 is 0 Å². The fourth-order valence-corrected chi connectivity index (χ4v) is 3.31. The molecular weight excluding hydrogens is 192 g/mol. The number of fused-ring (bicyclic) bond motifs is 1. The second-order valence-corrected chi connectivity index (χ2v) is 5.34. The maximum Gasteiger partial charge on any atom is 0.149 e. The maximum atomic E-state index is 11.9. The molecule has 2 aliphatic rings. The number of carbonyl (C=O) groups excluding carboxylic acids is 1. The van der Waals surface area contributed by atoms with Crippen LogP contribution < -0.4 is 0 Å². The Morgan fingerprint density at radius 3 is 2.79 bits per heavy atom. The summed E-state index contributed by atoms with van der Waals surface area (Å²) in [6, 6.07) is 8.38. The van der Waals surface area contributed by atoms with E-state index < -0.39 is 0 Å². The molecule has 1 aromatic rings. The summed E-state index contributed by atoms with van der Waals surface area (Å²) in [6.45, 7) is 0. The van der Waals surface area contributed by atoms with Gasteiger partial charge in [-0.05, 0) is 30.9 Å². The monoisotopic (exact) mass is 204 g/mol. The van der Waals surface area contributed by atoms with Gasteiger partial charge in [-0.2, -0.15) is 0 Å². The molecule has 1 aliphatic carbocycles. The Bertz CT molecular complexity index is 357. The van der Waals surface area contributed by atoms with Gasteiger partial charge >= 0.3 is 0 Å². The van der Waals surface area contributed by atoms with E-state index in [4.69, 9.17) is 0 Å². The third kappa shape index (κ3) is 1.38. The molecule has 3 rings (SSSR count). The lowest BCUT2D eigenvalue weighted by molar-refractivity contribution is -0.119. The molecule has 2 heteroatoms. The Labute approximate surface area is 87.9 Å². The van der Waals surface area contributed by atoms with Crippen molar-refractivity contribution in [3.05, 3.63) is 29.8 Å². The topological polar surface area (TPSA) is 17.1 Å². The number of thioether (sulfide) groups is 1. The van der Waals surface area contributed by atoms with Gasteiger partial charge in [-0.1, -0.05) is 18.2 Å². The number of ketones is 1. The van der Waals surface area contributed by atoms with Gasteiger partial charge in [-0.15, -0.1) is 11.8 Å². The van der Waals surface area contributed by atoms with E-state index in [-0.39, 0.29) is 5.25 Å². The molecule has 1 nitrogen and oxygen atoms in total. The number of hydrogen-bond donors (Lipinski definition) is 0. The predicted molar refractivity (Wildman–Crippen MR) is 57.5 cm³/mol. The summed E-state index contributed by atoms with van der Waals surface area (Å²) in [4.78, 5) is 13.2. The van der Waals surface area contributed by atoms with Crippen molar-refractivity contribution in [1.82, 2.24) is 0 Å². The molecule has 0 saturated heterocycles. The van der Waals surface area contributed by atoms with Crippen LogP contribution in [-0.2, 0) is 11.2 Å². The molecule has 1 fully saturated rings. The number of hydrogen-bond acceptors (Lipinski definition) is 2. The van der Waals surface area contributed by atoms with Crippen LogP contribution in [0.25, 0.3) is 0 Å². The van der Waals surface area contributed by atoms with Crippen molar-refractivity contribution in [2.75, 3.05) is 0 Å². The summed E-state index contributed by atoms with van der Waals surface area (Å²) in [6.07, 6.45) is 3.22. The van der Waals surface area contributed by atoms with E-state index in [1.807, 2.05) is 0 Å². The van der Waals surface area contributed by atoms with Gasteiger partial charge in [-0.3, -0.25) is 4.79 Å². The lowest BCUT2D eigenvalue weighted by atomic mass is 10.1. The second kappa shape index (κ2) is 3.13. The van der Waals surface area contributed by atoms with Crippen molar-refractivity contribution in [3.63, 3.8) is 0 Å². The number of rotatable bonds is 2. The summed E-state index contributed by atoms with van der Waals surface area (Å²) >= 11 is 1.76. The minimum atomic E-state index is 0.222. The second-order valence-electron chi connectivity index (χ2n) is 4.09. The first-order valence-electron chi connectivity index (χ1n) is 5.13. The van der Waals surface area contributed by atoms with Gasteiger partial charge in [0.1, 0.15) is 5.78 Å². The minimum absolute atomic E-state index is 0.222. The average Bonchev–Trinajstić information content (AvgIpc) is 2.95. The highest BCUT2D eigenvalue weighted by Gasteiger charge is 2.37. The molecule has 0 amide bonds. The van der Waals surface area contributed by atoms with Crippen LogP contribution in [0.15, 0.2) is 29.2 Å².